The lowest BCUT2D eigenvalue weighted by molar-refractivity contribution is 0.0126. The van der Waals surface area contributed by atoms with Crippen molar-refractivity contribution >= 4 is 16.9 Å². The first-order valence-corrected chi connectivity index (χ1v) is 12.0. The van der Waals surface area contributed by atoms with E-state index in [1.165, 1.54) is 40.4 Å². The van der Waals surface area contributed by atoms with Crippen LogP contribution in [0.1, 0.15) is 58.1 Å². The molecule has 0 atom stereocenters. The van der Waals surface area contributed by atoms with Gasteiger partial charge in [-0.05, 0) is 74.4 Å². The Hall–Kier alpha value is -3.08. The van der Waals surface area contributed by atoms with Crippen molar-refractivity contribution in [2.24, 2.45) is 0 Å². The second-order valence-corrected chi connectivity index (χ2v) is 10.2. The molecule has 0 N–H and O–H groups in total. The Kier molecular flexibility index (Phi) is 5.73. The van der Waals surface area contributed by atoms with Gasteiger partial charge in [-0.15, -0.1) is 0 Å². The average Bonchev–Trinajstić information content (AvgIpc) is 3.63. The predicted octanol–water partition coefficient (Wildman–Crippen LogP) is 6.56. The van der Waals surface area contributed by atoms with Gasteiger partial charge in [-0.3, -0.25) is 4.98 Å². The van der Waals surface area contributed by atoms with Crippen LogP contribution in [0.15, 0.2) is 54.7 Å². The van der Waals surface area contributed by atoms with Crippen LogP contribution < -0.4 is 4.74 Å². The number of nitrogens with zero attached hydrogens (tertiary/aromatic N) is 2. The third-order valence-electron chi connectivity index (χ3n) is 6.34. The second kappa shape index (κ2) is 8.69. The monoisotopic (exact) mass is 444 g/mol. The highest BCUT2D eigenvalue weighted by atomic mass is 16.6. The number of fused-ring (bicyclic) bond motifs is 1. The fourth-order valence-electron chi connectivity index (χ4n) is 4.46. The highest BCUT2D eigenvalue weighted by molar-refractivity contribution is 5.89. The summed E-state index contributed by atoms with van der Waals surface area (Å²) in [5, 5.41) is 2.53. The number of ether oxygens (including phenoxy) is 2. The molecule has 0 spiro atoms. The highest BCUT2D eigenvalue weighted by Gasteiger charge is 2.28. The Morgan fingerprint density at radius 2 is 1.64 bits per heavy atom. The molecule has 0 radical (unpaired) electrons. The number of carbonyl (C=O) groups is 1. The summed E-state index contributed by atoms with van der Waals surface area (Å²) in [5.74, 6) is 1.52. The maximum atomic E-state index is 12.2. The number of benzene rings is 2. The first-order valence-electron chi connectivity index (χ1n) is 12.0. The molecule has 1 aliphatic carbocycles. The summed E-state index contributed by atoms with van der Waals surface area (Å²) in [6.45, 7) is 7.00. The molecule has 33 heavy (non-hydrogen) atoms. The van der Waals surface area contributed by atoms with Gasteiger partial charge in [-0.25, -0.2) is 4.79 Å². The second-order valence-electron chi connectivity index (χ2n) is 10.2. The van der Waals surface area contributed by atoms with Crippen LogP contribution in [0.3, 0.4) is 0 Å². The number of pyridine rings is 1. The molecule has 2 heterocycles. The number of piperidine rings is 1. The van der Waals surface area contributed by atoms with Crippen molar-refractivity contribution in [2.45, 2.75) is 64.1 Å². The summed E-state index contributed by atoms with van der Waals surface area (Å²) in [4.78, 5) is 18.6. The van der Waals surface area contributed by atoms with Gasteiger partial charge < -0.3 is 14.4 Å². The summed E-state index contributed by atoms with van der Waals surface area (Å²) >= 11 is 0. The molecule has 2 aliphatic rings. The van der Waals surface area contributed by atoms with E-state index < -0.39 is 5.60 Å². The summed E-state index contributed by atoms with van der Waals surface area (Å²) in [7, 11) is 0. The van der Waals surface area contributed by atoms with Gasteiger partial charge in [0, 0.05) is 43.4 Å². The zero-order chi connectivity index (χ0) is 23.0. The van der Waals surface area contributed by atoms with E-state index in [0.717, 1.165) is 18.6 Å². The topological polar surface area (TPSA) is 51.7 Å². The van der Waals surface area contributed by atoms with Crippen LogP contribution in [0.5, 0.6) is 5.75 Å². The summed E-state index contributed by atoms with van der Waals surface area (Å²) < 4.78 is 11.7. The van der Waals surface area contributed by atoms with Crippen LogP contribution in [0, 0.1) is 0 Å². The van der Waals surface area contributed by atoms with E-state index in [1.807, 2.05) is 39.1 Å². The number of amides is 1. The van der Waals surface area contributed by atoms with Gasteiger partial charge >= 0.3 is 6.09 Å². The molecule has 1 aromatic heterocycles. The standard InChI is InChI=1S/C28H32N2O3/c1-28(2,3)33-27(31)30-16-13-24(14-17-30)32-23-9-6-19(7-10-23)21-8-11-25-22(18-21)12-15-29-26(25)20-4-5-20/h6-12,15,18,20,24H,4-5,13-14,16-17H2,1-3H3. The van der Waals surface area contributed by atoms with Crippen LogP contribution in [0.2, 0.25) is 0 Å². The van der Waals surface area contributed by atoms with Gasteiger partial charge in [0.05, 0.1) is 5.69 Å². The Morgan fingerprint density at radius 3 is 2.30 bits per heavy atom. The Balaban J connectivity index is 1.20. The molecule has 5 heteroatoms. The number of hydrogen-bond donors (Lipinski definition) is 0. The SMILES string of the molecule is CC(C)(C)OC(=O)N1CCC(Oc2ccc(-c3ccc4c(C5CC5)nccc4c3)cc2)CC1. The lowest BCUT2D eigenvalue weighted by Crippen LogP contribution is -2.44. The molecular weight excluding hydrogens is 412 g/mol. The van der Waals surface area contributed by atoms with Crippen molar-refractivity contribution in [3.63, 3.8) is 0 Å². The lowest BCUT2D eigenvalue weighted by Gasteiger charge is -2.33. The molecule has 0 unspecified atom stereocenters. The molecule has 1 aliphatic heterocycles. The number of rotatable bonds is 4. The van der Waals surface area contributed by atoms with Crippen molar-refractivity contribution in [1.82, 2.24) is 9.88 Å². The average molecular weight is 445 g/mol. The summed E-state index contributed by atoms with van der Waals surface area (Å²) in [5.41, 5.74) is 3.16. The normalized spacial score (nSPS) is 17.2. The predicted molar refractivity (Wildman–Crippen MR) is 131 cm³/mol. The van der Waals surface area contributed by atoms with Crippen molar-refractivity contribution in [2.75, 3.05) is 13.1 Å². The molecule has 1 amide bonds. The van der Waals surface area contributed by atoms with Gasteiger partial charge in [0.2, 0.25) is 0 Å². The molecule has 5 rings (SSSR count). The van der Waals surface area contributed by atoms with E-state index in [1.54, 1.807) is 4.90 Å². The van der Waals surface area contributed by atoms with Gasteiger partial charge in [-0.1, -0.05) is 24.3 Å². The first kappa shape index (κ1) is 21.7. The van der Waals surface area contributed by atoms with Gasteiger partial charge in [0.1, 0.15) is 17.5 Å². The van der Waals surface area contributed by atoms with Gasteiger partial charge in [0.15, 0.2) is 0 Å². The van der Waals surface area contributed by atoms with Crippen LogP contribution in [-0.4, -0.2) is 40.8 Å². The van der Waals surface area contributed by atoms with E-state index in [0.29, 0.717) is 19.0 Å². The minimum atomic E-state index is -0.465. The largest absolute Gasteiger partial charge is 0.490 e. The highest BCUT2D eigenvalue weighted by Crippen LogP contribution is 2.42. The lowest BCUT2D eigenvalue weighted by atomic mass is 10.00. The Morgan fingerprint density at radius 1 is 0.939 bits per heavy atom. The molecule has 2 aromatic carbocycles. The maximum absolute atomic E-state index is 12.2. The molecule has 1 saturated heterocycles. The van der Waals surface area contributed by atoms with E-state index in [-0.39, 0.29) is 12.2 Å². The zero-order valence-electron chi connectivity index (χ0n) is 19.7. The van der Waals surface area contributed by atoms with Crippen LogP contribution in [0.4, 0.5) is 4.79 Å². The minimum absolute atomic E-state index is 0.114. The Labute approximate surface area is 195 Å². The molecule has 5 nitrogen and oxygen atoms in total. The number of aromatic nitrogens is 1. The van der Waals surface area contributed by atoms with E-state index in [2.05, 4.69) is 41.4 Å². The fourth-order valence-corrected chi connectivity index (χ4v) is 4.46. The fraction of sp³-hybridized carbons (Fsp3) is 0.429. The third-order valence-corrected chi connectivity index (χ3v) is 6.34. The Bertz CT molecular complexity index is 1140. The van der Waals surface area contributed by atoms with E-state index in [9.17, 15) is 4.79 Å². The number of hydrogen-bond acceptors (Lipinski definition) is 4. The molecular formula is C28H32N2O3. The zero-order valence-corrected chi connectivity index (χ0v) is 19.7. The van der Waals surface area contributed by atoms with Crippen molar-refractivity contribution in [3.05, 3.63) is 60.4 Å². The summed E-state index contributed by atoms with van der Waals surface area (Å²) in [6, 6.07) is 17.1. The molecule has 2 fully saturated rings. The first-order chi connectivity index (χ1) is 15.9. The van der Waals surface area contributed by atoms with Gasteiger partial charge in [-0.2, -0.15) is 0 Å². The minimum Gasteiger partial charge on any atom is -0.490 e. The van der Waals surface area contributed by atoms with Gasteiger partial charge in [0.25, 0.3) is 0 Å². The van der Waals surface area contributed by atoms with Crippen LogP contribution >= 0.6 is 0 Å². The van der Waals surface area contributed by atoms with Crippen molar-refractivity contribution < 1.29 is 14.3 Å². The number of likely N-dealkylation sites (tertiary alicyclic amines) is 1. The molecule has 0 bridgehead atoms. The summed E-state index contributed by atoms with van der Waals surface area (Å²) in [6.07, 6.45) is 5.95. The molecule has 1 saturated carbocycles. The smallest absolute Gasteiger partial charge is 0.410 e. The van der Waals surface area contributed by atoms with Crippen molar-refractivity contribution in [1.29, 1.82) is 0 Å². The van der Waals surface area contributed by atoms with Crippen molar-refractivity contribution in [3.8, 4) is 16.9 Å². The quantitative estimate of drug-likeness (QED) is 0.457. The van der Waals surface area contributed by atoms with Crippen LogP contribution in [-0.2, 0) is 4.74 Å². The van der Waals surface area contributed by atoms with E-state index >= 15 is 0 Å². The molecule has 3 aromatic rings. The van der Waals surface area contributed by atoms with E-state index in [4.69, 9.17) is 9.47 Å². The third kappa shape index (κ3) is 5.13. The maximum Gasteiger partial charge on any atom is 0.410 e. The number of carbonyl (C=O) groups excluding carboxylic acids is 1. The molecule has 172 valence electrons. The van der Waals surface area contributed by atoms with Crippen LogP contribution in [0.25, 0.3) is 21.9 Å².